The number of rotatable bonds is 9. The average molecular weight is 597 g/mol. The fourth-order valence-electron chi connectivity index (χ4n) is 4.90. The van der Waals surface area contributed by atoms with Gasteiger partial charge in [0, 0.05) is 22.9 Å². The SMILES string of the molecule is CC(C)(C)OC(=O)NC1=N[C@@]2(CN1C(=O)OC(C)(C)C)[C@H](Cl)[C@@H](CN=[N+]=[N-])[C@H](CN=[N+]=[N-])[C@H]2C(=O)CN(C=O)C=O. The van der Waals surface area contributed by atoms with Gasteiger partial charge >= 0.3 is 12.2 Å². The van der Waals surface area contributed by atoms with E-state index in [9.17, 15) is 24.0 Å². The number of Topliss-reactive ketones (excluding diaryl/α,β-unsaturated/α-hetero) is 1. The molecule has 17 nitrogen and oxygen atoms in total. The molecular weight excluding hydrogens is 564 g/mol. The standard InChI is InChI=1S/C23H33ClN10O7/c1-21(2,3)40-19(38)29-18-30-23(10-34(18)20(39)41-22(4,5)6)16(15(37)9-33(11-35)12-36)13(7-27-31-25)14(17(23)24)8-28-32-26/h11-14,16-17H,7-10H2,1-6H3,(H,29,30,38)/t13-,14-,16-,17+,23+/m0/s1. The van der Waals surface area contributed by atoms with Crippen molar-refractivity contribution >= 4 is 48.4 Å². The largest absolute Gasteiger partial charge is 0.444 e. The van der Waals surface area contributed by atoms with E-state index >= 15 is 0 Å². The van der Waals surface area contributed by atoms with Gasteiger partial charge < -0.3 is 9.47 Å². The van der Waals surface area contributed by atoms with Gasteiger partial charge in [-0.05, 0) is 64.4 Å². The van der Waals surface area contributed by atoms with Gasteiger partial charge in [-0.2, -0.15) is 0 Å². The zero-order valence-corrected chi connectivity index (χ0v) is 24.3. The van der Waals surface area contributed by atoms with E-state index < -0.39 is 64.4 Å². The summed E-state index contributed by atoms with van der Waals surface area (Å²) in [5.74, 6) is -3.98. The molecule has 224 valence electrons. The minimum absolute atomic E-state index is 0.158. The minimum Gasteiger partial charge on any atom is -0.444 e. The number of hydrogen-bond acceptors (Lipinski definition) is 10. The highest BCUT2D eigenvalue weighted by atomic mass is 35.5. The molecule has 4 amide bonds. The van der Waals surface area contributed by atoms with Crippen molar-refractivity contribution in [3.8, 4) is 0 Å². The molecule has 18 heteroatoms. The maximum absolute atomic E-state index is 13.7. The number of guanidine groups is 1. The number of alkyl halides is 1. The molecule has 5 atom stereocenters. The number of aliphatic imine (C=N–C) groups is 1. The second kappa shape index (κ2) is 13.1. The summed E-state index contributed by atoms with van der Waals surface area (Å²) in [6.07, 6.45) is -1.57. The monoisotopic (exact) mass is 596 g/mol. The van der Waals surface area contributed by atoms with Gasteiger partial charge in [-0.1, -0.05) is 10.2 Å². The summed E-state index contributed by atoms with van der Waals surface area (Å²) in [7, 11) is 0. The van der Waals surface area contributed by atoms with Crippen molar-refractivity contribution in [3.63, 3.8) is 0 Å². The molecule has 1 N–H and O–H groups in total. The maximum Gasteiger partial charge on any atom is 0.417 e. The molecule has 0 unspecified atom stereocenters. The molecule has 1 spiro atoms. The van der Waals surface area contributed by atoms with E-state index in [2.05, 4.69) is 30.4 Å². The lowest BCUT2D eigenvalue weighted by Gasteiger charge is -2.33. The quantitative estimate of drug-likeness (QED) is 0.137. The second-order valence-electron chi connectivity index (χ2n) is 11.5. The summed E-state index contributed by atoms with van der Waals surface area (Å²) in [5.41, 5.74) is 14.4. The number of alkyl carbamates (subject to hydrolysis) is 1. The number of carbonyl (C=O) groups is 5. The predicted molar refractivity (Wildman–Crippen MR) is 144 cm³/mol. The Kier molecular flexibility index (Phi) is 10.6. The van der Waals surface area contributed by atoms with E-state index in [1.807, 2.05) is 0 Å². The van der Waals surface area contributed by atoms with Gasteiger partial charge in [0.2, 0.25) is 18.8 Å². The van der Waals surface area contributed by atoms with E-state index in [1.54, 1.807) is 41.5 Å². The van der Waals surface area contributed by atoms with Crippen molar-refractivity contribution in [3.05, 3.63) is 20.9 Å². The van der Waals surface area contributed by atoms with Crippen molar-refractivity contribution < 1.29 is 33.4 Å². The van der Waals surface area contributed by atoms with Crippen molar-refractivity contribution in [1.29, 1.82) is 0 Å². The van der Waals surface area contributed by atoms with Gasteiger partial charge in [0.1, 0.15) is 16.7 Å². The summed E-state index contributed by atoms with van der Waals surface area (Å²) in [6.45, 7) is 8.17. The van der Waals surface area contributed by atoms with Crippen LogP contribution in [0.15, 0.2) is 15.2 Å². The van der Waals surface area contributed by atoms with Crippen molar-refractivity contribution in [1.82, 2.24) is 15.1 Å². The Hall–Kier alpha value is -4.07. The van der Waals surface area contributed by atoms with E-state index in [0.29, 0.717) is 4.90 Å². The Labute approximate surface area is 240 Å². The summed E-state index contributed by atoms with van der Waals surface area (Å²) < 4.78 is 10.8. The van der Waals surface area contributed by atoms with Crippen LogP contribution in [0.5, 0.6) is 0 Å². The summed E-state index contributed by atoms with van der Waals surface area (Å²) >= 11 is 6.95. The fraction of sp³-hybridized carbons (Fsp3) is 0.739. The van der Waals surface area contributed by atoms with Crippen LogP contribution in [0.2, 0.25) is 0 Å². The molecule has 1 fully saturated rings. The fourth-order valence-corrected chi connectivity index (χ4v) is 5.42. The number of amides is 4. The summed E-state index contributed by atoms with van der Waals surface area (Å²) in [6, 6.07) is 0. The molecule has 41 heavy (non-hydrogen) atoms. The van der Waals surface area contributed by atoms with E-state index in [4.69, 9.17) is 32.1 Å². The van der Waals surface area contributed by atoms with E-state index in [0.717, 1.165) is 4.90 Å². The third-order valence-corrected chi connectivity index (χ3v) is 6.95. The number of nitrogens with zero attached hydrogens (tertiary/aromatic N) is 9. The molecule has 0 radical (unpaired) electrons. The molecule has 2 rings (SSSR count). The van der Waals surface area contributed by atoms with Crippen LogP contribution >= 0.6 is 11.6 Å². The molecule has 1 aliphatic carbocycles. The molecule has 0 bridgehead atoms. The van der Waals surface area contributed by atoms with Gasteiger partial charge in [-0.15, -0.1) is 11.6 Å². The van der Waals surface area contributed by atoms with Gasteiger partial charge in [-0.3, -0.25) is 24.6 Å². The highest BCUT2D eigenvalue weighted by molar-refractivity contribution is 6.23. The van der Waals surface area contributed by atoms with Crippen LogP contribution in [0, 0.1) is 17.8 Å². The number of nitrogens with one attached hydrogen (secondary N) is 1. The van der Waals surface area contributed by atoms with Crippen LogP contribution in [0.3, 0.4) is 0 Å². The second-order valence-corrected chi connectivity index (χ2v) is 12.0. The van der Waals surface area contributed by atoms with Crippen LogP contribution < -0.4 is 5.32 Å². The van der Waals surface area contributed by atoms with Gasteiger partial charge in [0.05, 0.1) is 24.4 Å². The number of ether oxygens (including phenoxy) is 2. The first-order valence-electron chi connectivity index (χ1n) is 12.5. The van der Waals surface area contributed by atoms with Gasteiger partial charge in [0.15, 0.2) is 5.78 Å². The summed E-state index contributed by atoms with van der Waals surface area (Å²) in [4.78, 5) is 74.1. The zero-order chi connectivity index (χ0) is 31.2. The molecule has 0 aromatic rings. The van der Waals surface area contributed by atoms with Crippen LogP contribution in [0.1, 0.15) is 41.5 Å². The molecule has 1 saturated carbocycles. The Morgan fingerprint density at radius 3 is 2.10 bits per heavy atom. The number of azide groups is 2. The Morgan fingerprint density at radius 1 is 1.07 bits per heavy atom. The third kappa shape index (κ3) is 7.99. The first-order chi connectivity index (χ1) is 19.0. The van der Waals surface area contributed by atoms with E-state index in [1.165, 1.54) is 0 Å². The number of hydrogen-bond donors (Lipinski definition) is 1. The highest BCUT2D eigenvalue weighted by Gasteiger charge is 2.65. The Bertz CT molecular complexity index is 1180. The topological polar surface area (TPSA) is 232 Å². The maximum atomic E-state index is 13.7. The molecule has 1 heterocycles. The molecule has 1 aliphatic heterocycles. The van der Waals surface area contributed by atoms with Crippen LogP contribution in [-0.4, -0.2) is 94.8 Å². The molecular formula is C23H33ClN10O7. The number of ketones is 1. The normalized spacial score (nSPS) is 25.3. The molecule has 0 aromatic heterocycles. The minimum atomic E-state index is -1.69. The number of halogens is 1. The smallest absolute Gasteiger partial charge is 0.417 e. The van der Waals surface area contributed by atoms with Crippen LogP contribution in [0.4, 0.5) is 9.59 Å². The van der Waals surface area contributed by atoms with Crippen molar-refractivity contribution in [2.45, 2.75) is 63.7 Å². The number of imide groups is 1. The predicted octanol–water partition coefficient (Wildman–Crippen LogP) is 3.13. The first-order valence-corrected chi connectivity index (χ1v) is 12.9. The Morgan fingerprint density at radius 2 is 1.61 bits per heavy atom. The Balaban J connectivity index is 2.74. The lowest BCUT2D eigenvalue weighted by Crippen LogP contribution is -2.52. The molecule has 0 saturated heterocycles. The lowest BCUT2D eigenvalue weighted by atomic mass is 9.79. The lowest BCUT2D eigenvalue weighted by molar-refractivity contribution is -0.137. The van der Waals surface area contributed by atoms with Gasteiger partial charge in [-0.25, -0.2) is 19.5 Å². The average Bonchev–Trinajstić information content (AvgIpc) is 3.32. The number of carbonyl (C=O) groups excluding carboxylic acids is 5. The summed E-state index contributed by atoms with van der Waals surface area (Å²) in [5, 5.41) is 8.50. The first kappa shape index (κ1) is 33.1. The van der Waals surface area contributed by atoms with Crippen molar-refractivity contribution in [2.24, 2.45) is 33.0 Å². The van der Waals surface area contributed by atoms with Crippen LogP contribution in [-0.2, 0) is 23.9 Å². The zero-order valence-electron chi connectivity index (χ0n) is 23.6. The highest BCUT2D eigenvalue weighted by Crippen LogP contribution is 2.53. The molecule has 0 aromatic carbocycles. The molecule has 2 aliphatic rings. The third-order valence-electron chi connectivity index (χ3n) is 6.25. The van der Waals surface area contributed by atoms with Crippen LogP contribution in [0.25, 0.3) is 20.9 Å². The van der Waals surface area contributed by atoms with E-state index in [-0.39, 0.29) is 38.4 Å². The van der Waals surface area contributed by atoms with Crippen molar-refractivity contribution in [2.75, 3.05) is 26.2 Å². The van der Waals surface area contributed by atoms with Gasteiger partial charge in [0.25, 0.3) is 0 Å².